The quantitative estimate of drug-likeness (QED) is 0.907. The Morgan fingerprint density at radius 3 is 2.95 bits per heavy atom. The predicted octanol–water partition coefficient (Wildman–Crippen LogP) is 2.05. The molecule has 0 aromatic carbocycles. The summed E-state index contributed by atoms with van der Waals surface area (Å²) in [5.74, 6) is 0. The second-order valence-electron chi connectivity index (χ2n) is 5.39. The van der Waals surface area contributed by atoms with E-state index in [4.69, 9.17) is 0 Å². The number of nitrogens with zero attached hydrogens (tertiary/aromatic N) is 1. The summed E-state index contributed by atoms with van der Waals surface area (Å²) in [5.41, 5.74) is 3.07. The molecule has 1 atom stereocenters. The molecular weight excluding hydrogens is 266 g/mol. The zero-order valence-electron chi connectivity index (χ0n) is 12.1. The van der Waals surface area contributed by atoms with Crippen molar-refractivity contribution in [2.24, 2.45) is 0 Å². The molecule has 2 aromatic heterocycles. The van der Waals surface area contributed by atoms with Gasteiger partial charge in [-0.05, 0) is 43.9 Å². The van der Waals surface area contributed by atoms with Crippen LogP contribution in [-0.4, -0.2) is 9.55 Å². The predicted molar refractivity (Wildman–Crippen MR) is 82.7 cm³/mol. The van der Waals surface area contributed by atoms with Gasteiger partial charge in [-0.1, -0.05) is 0 Å². The van der Waals surface area contributed by atoms with Crippen LogP contribution in [0.15, 0.2) is 40.1 Å². The minimum Gasteiger partial charge on any atom is -0.377 e. The number of H-pyrrole nitrogens is 1. The average molecular weight is 285 g/mol. The highest BCUT2D eigenvalue weighted by Gasteiger charge is 2.20. The highest BCUT2D eigenvalue weighted by molar-refractivity contribution is 5.44. The molecule has 0 spiro atoms. The molecule has 2 aromatic rings. The van der Waals surface area contributed by atoms with E-state index in [1.807, 2.05) is 25.3 Å². The molecule has 0 bridgehead atoms. The molecule has 2 N–H and O–H groups in total. The van der Waals surface area contributed by atoms with Crippen molar-refractivity contribution in [3.63, 3.8) is 0 Å². The molecule has 2 heterocycles. The number of aromatic amines is 1. The summed E-state index contributed by atoms with van der Waals surface area (Å²) in [4.78, 5) is 26.0. The Bertz CT molecular complexity index is 761. The summed E-state index contributed by atoms with van der Waals surface area (Å²) in [6.45, 7) is 2.61. The van der Waals surface area contributed by atoms with Gasteiger partial charge in [0, 0.05) is 30.6 Å². The van der Waals surface area contributed by atoms with Crippen LogP contribution in [0.5, 0.6) is 0 Å². The highest BCUT2D eigenvalue weighted by atomic mass is 16.1. The lowest BCUT2D eigenvalue weighted by molar-refractivity contribution is 0.585. The second kappa shape index (κ2) is 5.60. The number of fused-ring (bicyclic) bond motifs is 1. The van der Waals surface area contributed by atoms with E-state index < -0.39 is 0 Å². The lowest BCUT2D eigenvalue weighted by Gasteiger charge is -2.27. The van der Waals surface area contributed by atoms with E-state index in [0.29, 0.717) is 6.54 Å². The number of pyridine rings is 2. The number of hydrogen-bond acceptors (Lipinski definition) is 3. The summed E-state index contributed by atoms with van der Waals surface area (Å²) in [5, 5.41) is 3.48. The number of rotatable bonds is 3. The van der Waals surface area contributed by atoms with Gasteiger partial charge < -0.3 is 14.9 Å². The van der Waals surface area contributed by atoms with Gasteiger partial charge in [0.05, 0.1) is 11.7 Å². The number of aromatic nitrogens is 2. The third-order valence-electron chi connectivity index (χ3n) is 4.00. The van der Waals surface area contributed by atoms with Crippen LogP contribution in [0.1, 0.15) is 37.1 Å². The fourth-order valence-electron chi connectivity index (χ4n) is 2.92. The third kappa shape index (κ3) is 2.77. The fourth-order valence-corrected chi connectivity index (χ4v) is 2.92. The van der Waals surface area contributed by atoms with Crippen molar-refractivity contribution in [2.75, 3.05) is 5.32 Å². The average Bonchev–Trinajstić information content (AvgIpc) is 2.49. The Kier molecular flexibility index (Phi) is 3.64. The van der Waals surface area contributed by atoms with E-state index in [-0.39, 0.29) is 17.2 Å². The highest BCUT2D eigenvalue weighted by Crippen LogP contribution is 2.30. The van der Waals surface area contributed by atoms with E-state index in [0.717, 1.165) is 36.2 Å². The largest absolute Gasteiger partial charge is 0.377 e. The van der Waals surface area contributed by atoms with E-state index in [9.17, 15) is 9.59 Å². The van der Waals surface area contributed by atoms with Crippen molar-refractivity contribution in [3.8, 4) is 0 Å². The normalized spacial score (nSPS) is 17.3. The van der Waals surface area contributed by atoms with Gasteiger partial charge in [-0.3, -0.25) is 9.59 Å². The molecule has 1 aliphatic carbocycles. The molecule has 0 saturated heterocycles. The summed E-state index contributed by atoms with van der Waals surface area (Å²) in [6, 6.07) is 7.05. The first-order valence-electron chi connectivity index (χ1n) is 7.36. The van der Waals surface area contributed by atoms with Gasteiger partial charge in [-0.2, -0.15) is 0 Å². The summed E-state index contributed by atoms with van der Waals surface area (Å²) in [6.07, 6.45) is 4.82. The smallest absolute Gasteiger partial charge is 0.250 e. The topological polar surface area (TPSA) is 66.9 Å². The van der Waals surface area contributed by atoms with Gasteiger partial charge in [0.25, 0.3) is 5.56 Å². The Morgan fingerprint density at radius 1 is 1.29 bits per heavy atom. The van der Waals surface area contributed by atoms with E-state index in [2.05, 4.69) is 10.3 Å². The molecular formula is C16H19N3O2. The lowest BCUT2D eigenvalue weighted by Crippen LogP contribution is -2.23. The lowest BCUT2D eigenvalue weighted by atomic mass is 9.91. The van der Waals surface area contributed by atoms with Crippen molar-refractivity contribution in [1.29, 1.82) is 0 Å². The van der Waals surface area contributed by atoms with Crippen molar-refractivity contribution < 1.29 is 0 Å². The fraction of sp³-hybridized carbons (Fsp3) is 0.375. The first-order chi connectivity index (χ1) is 10.2. The maximum absolute atomic E-state index is 11.6. The third-order valence-corrected chi connectivity index (χ3v) is 4.00. The molecule has 110 valence electrons. The Balaban J connectivity index is 1.90. The summed E-state index contributed by atoms with van der Waals surface area (Å²) >= 11 is 0. The number of aryl methyl sites for hydroxylation is 2. The van der Waals surface area contributed by atoms with Crippen LogP contribution in [0.4, 0.5) is 5.69 Å². The van der Waals surface area contributed by atoms with Crippen LogP contribution in [0, 0.1) is 0 Å². The van der Waals surface area contributed by atoms with Gasteiger partial charge in [0.1, 0.15) is 0 Å². The van der Waals surface area contributed by atoms with Gasteiger partial charge in [0.15, 0.2) is 0 Å². The standard InChI is InChI=1S/C16H19N3O2/c1-2-19-10-11(6-9-16(19)21)17-13-4-3-5-14-12(13)7-8-15(20)18-14/h6-10,13,17H,2-5H2,1H3,(H,18,20). The molecule has 0 radical (unpaired) electrons. The molecule has 0 saturated carbocycles. The Morgan fingerprint density at radius 2 is 2.14 bits per heavy atom. The van der Waals surface area contributed by atoms with Gasteiger partial charge in [0.2, 0.25) is 5.56 Å². The van der Waals surface area contributed by atoms with Crippen molar-refractivity contribution >= 4 is 5.69 Å². The minimum atomic E-state index is -0.0473. The number of anilines is 1. The molecule has 1 unspecified atom stereocenters. The Labute approximate surface area is 122 Å². The molecule has 0 fully saturated rings. The van der Waals surface area contributed by atoms with Crippen LogP contribution >= 0.6 is 0 Å². The molecule has 1 aliphatic rings. The van der Waals surface area contributed by atoms with Crippen LogP contribution in [0.25, 0.3) is 0 Å². The van der Waals surface area contributed by atoms with Crippen LogP contribution in [-0.2, 0) is 13.0 Å². The van der Waals surface area contributed by atoms with E-state index in [1.54, 1.807) is 16.7 Å². The zero-order valence-corrected chi connectivity index (χ0v) is 12.1. The van der Waals surface area contributed by atoms with Crippen molar-refractivity contribution in [2.45, 2.75) is 38.8 Å². The Hall–Kier alpha value is -2.30. The zero-order chi connectivity index (χ0) is 14.8. The van der Waals surface area contributed by atoms with Gasteiger partial charge >= 0.3 is 0 Å². The molecule has 0 aliphatic heterocycles. The summed E-state index contributed by atoms with van der Waals surface area (Å²) < 4.78 is 1.68. The second-order valence-corrected chi connectivity index (χ2v) is 5.39. The minimum absolute atomic E-state index is 0.0106. The van der Waals surface area contributed by atoms with Crippen LogP contribution < -0.4 is 16.4 Å². The monoisotopic (exact) mass is 285 g/mol. The van der Waals surface area contributed by atoms with Crippen molar-refractivity contribution in [3.05, 3.63) is 62.4 Å². The number of hydrogen-bond donors (Lipinski definition) is 2. The molecule has 5 nitrogen and oxygen atoms in total. The molecule has 0 amide bonds. The maximum atomic E-state index is 11.6. The SMILES string of the molecule is CCn1cc(NC2CCCc3[nH]c(=O)ccc32)ccc1=O. The first-order valence-corrected chi connectivity index (χ1v) is 7.36. The van der Waals surface area contributed by atoms with Crippen LogP contribution in [0.3, 0.4) is 0 Å². The molecule has 21 heavy (non-hydrogen) atoms. The van der Waals surface area contributed by atoms with E-state index >= 15 is 0 Å². The van der Waals surface area contributed by atoms with Gasteiger partial charge in [-0.15, -0.1) is 0 Å². The van der Waals surface area contributed by atoms with Gasteiger partial charge in [-0.25, -0.2) is 0 Å². The number of nitrogens with one attached hydrogen (secondary N) is 2. The maximum Gasteiger partial charge on any atom is 0.250 e. The summed E-state index contributed by atoms with van der Waals surface area (Å²) in [7, 11) is 0. The molecule has 3 rings (SSSR count). The van der Waals surface area contributed by atoms with Crippen molar-refractivity contribution in [1.82, 2.24) is 9.55 Å². The first kappa shape index (κ1) is 13.7. The van der Waals surface area contributed by atoms with Crippen LogP contribution in [0.2, 0.25) is 0 Å². The van der Waals surface area contributed by atoms with E-state index in [1.165, 1.54) is 0 Å². The molecule has 5 heteroatoms.